The van der Waals surface area contributed by atoms with E-state index in [1.807, 2.05) is 6.07 Å². The van der Waals surface area contributed by atoms with Crippen LogP contribution < -0.4 is 16.0 Å². The number of carbonyl (C=O) groups excluding carboxylic acids is 3. The first-order valence-corrected chi connectivity index (χ1v) is 11.7. The van der Waals surface area contributed by atoms with Crippen LogP contribution in [0, 0.1) is 11.3 Å². The quantitative estimate of drug-likeness (QED) is 0.422. The van der Waals surface area contributed by atoms with Crippen molar-refractivity contribution in [3.63, 3.8) is 0 Å². The lowest BCUT2D eigenvalue weighted by molar-refractivity contribution is -0.113. The molecule has 8 heteroatoms. The van der Waals surface area contributed by atoms with Gasteiger partial charge in [0, 0.05) is 27.9 Å². The van der Waals surface area contributed by atoms with Gasteiger partial charge in [0.1, 0.15) is 0 Å². The molecule has 170 valence electrons. The van der Waals surface area contributed by atoms with Crippen LogP contribution in [0.1, 0.15) is 39.1 Å². The van der Waals surface area contributed by atoms with E-state index >= 15 is 0 Å². The average molecular weight is 471 g/mol. The summed E-state index contributed by atoms with van der Waals surface area (Å²) in [7, 11) is 0. The molecule has 3 N–H and O–H groups in total. The predicted octanol–water partition coefficient (Wildman–Crippen LogP) is 4.43. The van der Waals surface area contributed by atoms with Crippen LogP contribution in [0.4, 0.5) is 11.4 Å². The Labute approximate surface area is 201 Å². The van der Waals surface area contributed by atoms with Crippen molar-refractivity contribution < 1.29 is 14.4 Å². The third-order valence-electron chi connectivity index (χ3n) is 5.06. The van der Waals surface area contributed by atoms with Gasteiger partial charge < -0.3 is 16.0 Å². The van der Waals surface area contributed by atoms with Crippen molar-refractivity contribution in [2.75, 3.05) is 16.4 Å². The van der Waals surface area contributed by atoms with E-state index < -0.39 is 0 Å². The van der Waals surface area contributed by atoms with Crippen LogP contribution in [0.5, 0.6) is 0 Å². The van der Waals surface area contributed by atoms with Gasteiger partial charge in [-0.25, -0.2) is 0 Å². The van der Waals surface area contributed by atoms with E-state index in [9.17, 15) is 14.4 Å². The molecule has 7 nitrogen and oxygen atoms in total. The molecule has 1 fully saturated rings. The molecule has 0 radical (unpaired) electrons. The van der Waals surface area contributed by atoms with Gasteiger partial charge in [-0.3, -0.25) is 14.4 Å². The number of rotatable bonds is 8. The highest BCUT2D eigenvalue weighted by Crippen LogP contribution is 2.25. The summed E-state index contributed by atoms with van der Waals surface area (Å²) in [5.74, 6) is -0.631. The molecule has 0 bridgehead atoms. The first-order valence-electron chi connectivity index (χ1n) is 10.8. The van der Waals surface area contributed by atoms with Gasteiger partial charge in [-0.2, -0.15) is 5.26 Å². The first-order chi connectivity index (χ1) is 16.5. The lowest BCUT2D eigenvalue weighted by Crippen LogP contribution is -2.25. The van der Waals surface area contributed by atoms with Crippen molar-refractivity contribution in [1.29, 1.82) is 5.26 Å². The second kappa shape index (κ2) is 10.7. The lowest BCUT2D eigenvalue weighted by atomic mass is 10.1. The summed E-state index contributed by atoms with van der Waals surface area (Å²) in [4.78, 5) is 38.3. The topological polar surface area (TPSA) is 111 Å². The third kappa shape index (κ3) is 6.24. The Bertz CT molecular complexity index is 1280. The van der Waals surface area contributed by atoms with Gasteiger partial charge in [-0.1, -0.05) is 24.3 Å². The van der Waals surface area contributed by atoms with Crippen LogP contribution >= 0.6 is 11.8 Å². The minimum atomic E-state index is -0.329. The smallest absolute Gasteiger partial charge is 0.256 e. The molecule has 0 atom stereocenters. The predicted molar refractivity (Wildman–Crippen MR) is 132 cm³/mol. The van der Waals surface area contributed by atoms with Crippen LogP contribution in [0.15, 0.2) is 77.7 Å². The maximum Gasteiger partial charge on any atom is 0.256 e. The van der Waals surface area contributed by atoms with Crippen molar-refractivity contribution in [3.05, 3.63) is 89.5 Å². The molecule has 34 heavy (non-hydrogen) atoms. The van der Waals surface area contributed by atoms with E-state index in [1.54, 1.807) is 72.8 Å². The molecular formula is C26H22N4O3S. The van der Waals surface area contributed by atoms with E-state index in [0.717, 1.165) is 12.8 Å². The molecule has 4 rings (SSSR count). The molecule has 1 saturated carbocycles. The average Bonchev–Trinajstić information content (AvgIpc) is 3.67. The zero-order chi connectivity index (χ0) is 23.9. The van der Waals surface area contributed by atoms with E-state index in [0.29, 0.717) is 33.0 Å². The second-order valence-corrected chi connectivity index (χ2v) is 8.83. The Morgan fingerprint density at radius 1 is 0.882 bits per heavy atom. The first kappa shape index (κ1) is 23.1. The van der Waals surface area contributed by atoms with Gasteiger partial charge in [0.05, 0.1) is 22.9 Å². The largest absolute Gasteiger partial charge is 0.349 e. The molecular weight excluding hydrogens is 448 g/mol. The Balaban J connectivity index is 1.38. The van der Waals surface area contributed by atoms with Crippen LogP contribution in [-0.4, -0.2) is 29.5 Å². The van der Waals surface area contributed by atoms with Crippen LogP contribution in [-0.2, 0) is 4.79 Å². The number of nitriles is 1. The van der Waals surface area contributed by atoms with Crippen molar-refractivity contribution in [2.45, 2.75) is 23.8 Å². The number of hydrogen-bond acceptors (Lipinski definition) is 5. The van der Waals surface area contributed by atoms with E-state index in [4.69, 9.17) is 5.26 Å². The minimum absolute atomic E-state index is 0.0951. The maximum absolute atomic E-state index is 13.0. The third-order valence-corrected chi connectivity index (χ3v) is 6.13. The van der Waals surface area contributed by atoms with Crippen LogP contribution in [0.2, 0.25) is 0 Å². The molecule has 0 aliphatic heterocycles. The molecule has 0 unspecified atom stereocenters. The van der Waals surface area contributed by atoms with Gasteiger partial charge >= 0.3 is 0 Å². The monoisotopic (exact) mass is 470 g/mol. The van der Waals surface area contributed by atoms with Gasteiger partial charge in [-0.15, -0.1) is 11.8 Å². The summed E-state index contributed by atoms with van der Waals surface area (Å²) in [6.45, 7) is 0. The standard InChI is InChI=1S/C26H22N4O3S/c27-15-17-5-3-7-20(13-17)28-24(31)16-34-23-10-2-1-9-22(23)26(33)30-21-8-4-6-18(14-21)25(32)29-19-11-12-19/h1-10,13-14,19H,11-12,16H2,(H,28,31)(H,29,32)(H,30,33). The molecule has 0 spiro atoms. The number of anilines is 2. The number of hydrogen-bond donors (Lipinski definition) is 3. The molecule has 1 aliphatic carbocycles. The molecule has 3 aromatic rings. The highest BCUT2D eigenvalue weighted by Gasteiger charge is 2.24. The Morgan fingerprint density at radius 3 is 2.38 bits per heavy atom. The molecule has 0 heterocycles. The molecule has 0 saturated heterocycles. The minimum Gasteiger partial charge on any atom is -0.349 e. The SMILES string of the molecule is N#Cc1cccc(NC(=O)CSc2ccccc2C(=O)Nc2cccc(C(=O)NC3CC3)c2)c1. The summed E-state index contributed by atoms with van der Waals surface area (Å²) < 4.78 is 0. The summed E-state index contributed by atoms with van der Waals surface area (Å²) in [6.07, 6.45) is 2.00. The number of thioether (sulfide) groups is 1. The van der Waals surface area contributed by atoms with Crippen molar-refractivity contribution in [2.24, 2.45) is 0 Å². The van der Waals surface area contributed by atoms with Gasteiger partial charge in [0.2, 0.25) is 5.91 Å². The van der Waals surface area contributed by atoms with Crippen molar-refractivity contribution in [1.82, 2.24) is 5.32 Å². The molecule has 1 aliphatic rings. The van der Waals surface area contributed by atoms with Crippen LogP contribution in [0.25, 0.3) is 0 Å². The summed E-state index contributed by atoms with van der Waals surface area (Å²) in [5.41, 5.74) is 2.44. The summed E-state index contributed by atoms with van der Waals surface area (Å²) >= 11 is 1.24. The fraction of sp³-hybridized carbons (Fsp3) is 0.154. The number of carbonyl (C=O) groups is 3. The zero-order valence-corrected chi connectivity index (χ0v) is 19.0. The van der Waals surface area contributed by atoms with Crippen LogP contribution in [0.3, 0.4) is 0 Å². The Hall–Kier alpha value is -4.09. The highest BCUT2D eigenvalue weighted by atomic mass is 32.2. The van der Waals surface area contributed by atoms with E-state index in [2.05, 4.69) is 16.0 Å². The van der Waals surface area contributed by atoms with Crippen molar-refractivity contribution >= 4 is 40.9 Å². The van der Waals surface area contributed by atoms with Gasteiger partial charge in [0.25, 0.3) is 11.8 Å². The summed E-state index contributed by atoms with van der Waals surface area (Å²) in [5, 5.41) is 17.5. The van der Waals surface area contributed by atoms with E-state index in [1.165, 1.54) is 11.8 Å². The van der Waals surface area contributed by atoms with Gasteiger partial charge in [0.15, 0.2) is 0 Å². The molecule has 3 amide bonds. The number of nitrogens with one attached hydrogen (secondary N) is 3. The zero-order valence-electron chi connectivity index (χ0n) is 18.2. The number of benzene rings is 3. The second-order valence-electron chi connectivity index (χ2n) is 7.81. The normalized spacial score (nSPS) is 12.3. The number of amides is 3. The fourth-order valence-corrected chi connectivity index (χ4v) is 4.07. The molecule has 3 aromatic carbocycles. The van der Waals surface area contributed by atoms with Crippen molar-refractivity contribution in [3.8, 4) is 6.07 Å². The van der Waals surface area contributed by atoms with E-state index in [-0.39, 0.29) is 29.5 Å². The Kier molecular flexibility index (Phi) is 7.25. The maximum atomic E-state index is 13.0. The number of nitrogens with zero attached hydrogens (tertiary/aromatic N) is 1. The summed E-state index contributed by atoms with van der Waals surface area (Å²) in [6, 6.07) is 22.8. The highest BCUT2D eigenvalue weighted by molar-refractivity contribution is 8.00. The fourth-order valence-electron chi connectivity index (χ4n) is 3.22. The molecule has 0 aromatic heterocycles. The Morgan fingerprint density at radius 2 is 1.62 bits per heavy atom. The lowest BCUT2D eigenvalue weighted by Gasteiger charge is -2.11. The van der Waals surface area contributed by atoms with Gasteiger partial charge in [-0.05, 0) is 61.4 Å².